The van der Waals surface area contributed by atoms with E-state index in [2.05, 4.69) is 5.32 Å². The van der Waals surface area contributed by atoms with Gasteiger partial charge in [-0.25, -0.2) is 8.78 Å². The van der Waals surface area contributed by atoms with Gasteiger partial charge in [0.15, 0.2) is 0 Å². The number of rotatable bonds is 5. The molecule has 6 heteroatoms. The summed E-state index contributed by atoms with van der Waals surface area (Å²) in [6.07, 6.45) is 0. The number of hydrogen-bond acceptors (Lipinski definition) is 3. The van der Waals surface area contributed by atoms with E-state index < -0.39 is 17.7 Å². The molecule has 0 fully saturated rings. The first-order chi connectivity index (χ1) is 10.0. The summed E-state index contributed by atoms with van der Waals surface area (Å²) in [6, 6.07) is 7.97. The summed E-state index contributed by atoms with van der Waals surface area (Å²) in [6.45, 7) is 0.0925. The molecule has 2 rings (SSSR count). The summed E-state index contributed by atoms with van der Waals surface area (Å²) in [4.78, 5) is 0. The quantitative estimate of drug-likeness (QED) is 0.884. The smallest absolute Gasteiger partial charge is 0.146 e. The van der Waals surface area contributed by atoms with E-state index in [1.54, 1.807) is 6.07 Å². The van der Waals surface area contributed by atoms with Crippen molar-refractivity contribution in [3.63, 3.8) is 0 Å². The molecule has 0 bridgehead atoms. The van der Waals surface area contributed by atoms with E-state index in [0.717, 1.165) is 0 Å². The third kappa shape index (κ3) is 3.62. The largest absolute Gasteiger partial charge is 0.497 e. The third-order valence-electron chi connectivity index (χ3n) is 3.08. The fraction of sp³-hybridized carbons (Fsp3) is 0.200. The van der Waals surface area contributed by atoms with E-state index >= 15 is 0 Å². The second kappa shape index (κ2) is 6.74. The minimum absolute atomic E-state index is 0.0925. The third-order valence-corrected chi connectivity index (χ3v) is 3.31. The van der Waals surface area contributed by atoms with Gasteiger partial charge in [0.2, 0.25) is 0 Å². The number of methoxy groups -OCH3 is 1. The summed E-state index contributed by atoms with van der Waals surface area (Å²) in [7, 11) is 1.48. The number of anilines is 1. The number of hydrogen-bond donors (Lipinski definition) is 2. The van der Waals surface area contributed by atoms with Crippen molar-refractivity contribution in [1.29, 1.82) is 0 Å². The Hall–Kier alpha value is -1.85. The lowest BCUT2D eigenvalue weighted by molar-refractivity contribution is 0.414. The second-order valence-electron chi connectivity index (χ2n) is 4.44. The van der Waals surface area contributed by atoms with Crippen molar-refractivity contribution in [3.8, 4) is 5.75 Å². The monoisotopic (exact) mass is 312 g/mol. The van der Waals surface area contributed by atoms with Gasteiger partial charge < -0.3 is 15.8 Å². The van der Waals surface area contributed by atoms with Crippen LogP contribution in [0.2, 0.25) is 5.02 Å². The number of nitrogens with one attached hydrogen (secondary N) is 1. The Morgan fingerprint density at radius 2 is 1.95 bits per heavy atom. The molecule has 1 atom stereocenters. The van der Waals surface area contributed by atoms with Crippen LogP contribution < -0.4 is 15.8 Å². The van der Waals surface area contributed by atoms with Crippen LogP contribution in [0.1, 0.15) is 11.6 Å². The molecule has 0 aliphatic heterocycles. The van der Waals surface area contributed by atoms with Crippen LogP contribution in [0.25, 0.3) is 0 Å². The highest BCUT2D eigenvalue weighted by molar-refractivity contribution is 6.30. The molecule has 1 unspecified atom stereocenters. The maximum Gasteiger partial charge on any atom is 0.146 e. The molecule has 0 aliphatic carbocycles. The molecule has 0 spiro atoms. The predicted molar refractivity (Wildman–Crippen MR) is 79.8 cm³/mol. The zero-order chi connectivity index (χ0) is 15.4. The summed E-state index contributed by atoms with van der Waals surface area (Å²) in [5.41, 5.74) is 6.18. The first-order valence-electron chi connectivity index (χ1n) is 6.30. The van der Waals surface area contributed by atoms with Crippen LogP contribution in [0.15, 0.2) is 36.4 Å². The van der Waals surface area contributed by atoms with Gasteiger partial charge in [-0.1, -0.05) is 17.7 Å². The average Bonchev–Trinajstić information content (AvgIpc) is 2.47. The first kappa shape index (κ1) is 15.5. The summed E-state index contributed by atoms with van der Waals surface area (Å²) >= 11 is 5.72. The molecule has 2 aromatic rings. The molecule has 0 amide bonds. The van der Waals surface area contributed by atoms with Crippen LogP contribution in [0.5, 0.6) is 5.75 Å². The first-order valence-corrected chi connectivity index (χ1v) is 6.68. The SMILES string of the molecule is COc1ccc(F)c(NC(CN)c2ccc(Cl)cc2F)c1. The van der Waals surface area contributed by atoms with Gasteiger partial charge in [-0.15, -0.1) is 0 Å². The lowest BCUT2D eigenvalue weighted by Crippen LogP contribution is -2.22. The molecule has 0 saturated heterocycles. The molecule has 0 heterocycles. The fourth-order valence-corrected chi connectivity index (χ4v) is 2.14. The molecule has 0 aliphatic rings. The second-order valence-corrected chi connectivity index (χ2v) is 4.88. The Kier molecular flexibility index (Phi) is 4.98. The van der Waals surface area contributed by atoms with Crippen LogP contribution in [0.3, 0.4) is 0 Å². The van der Waals surface area contributed by atoms with Crippen LogP contribution in [-0.4, -0.2) is 13.7 Å². The lowest BCUT2D eigenvalue weighted by atomic mass is 10.1. The molecule has 2 aromatic carbocycles. The number of nitrogens with two attached hydrogens (primary N) is 1. The Labute approximate surface area is 126 Å². The summed E-state index contributed by atoms with van der Waals surface area (Å²) in [5.74, 6) is -0.469. The molecule has 112 valence electrons. The van der Waals surface area contributed by atoms with Gasteiger partial charge in [-0.2, -0.15) is 0 Å². The highest BCUT2D eigenvalue weighted by Crippen LogP contribution is 2.27. The van der Waals surface area contributed by atoms with Crippen molar-refractivity contribution in [1.82, 2.24) is 0 Å². The standard InChI is InChI=1S/C15H15ClF2N2O/c1-21-10-3-5-12(17)14(7-10)20-15(8-19)11-4-2-9(16)6-13(11)18/h2-7,15,20H,8,19H2,1H3. The van der Waals surface area contributed by atoms with Gasteiger partial charge in [0, 0.05) is 23.2 Å². The van der Waals surface area contributed by atoms with Crippen molar-refractivity contribution < 1.29 is 13.5 Å². The van der Waals surface area contributed by atoms with E-state index in [4.69, 9.17) is 22.1 Å². The van der Waals surface area contributed by atoms with E-state index in [1.807, 2.05) is 0 Å². The average molecular weight is 313 g/mol. The minimum atomic E-state index is -0.580. The van der Waals surface area contributed by atoms with Crippen molar-refractivity contribution >= 4 is 17.3 Å². The molecule has 0 radical (unpaired) electrons. The Morgan fingerprint density at radius 3 is 2.57 bits per heavy atom. The summed E-state index contributed by atoms with van der Waals surface area (Å²) < 4.78 is 32.8. The lowest BCUT2D eigenvalue weighted by Gasteiger charge is -2.20. The van der Waals surface area contributed by atoms with Crippen LogP contribution in [0.4, 0.5) is 14.5 Å². The molecule has 0 aromatic heterocycles. The van der Waals surface area contributed by atoms with Crippen molar-refractivity contribution in [3.05, 3.63) is 58.6 Å². The van der Waals surface area contributed by atoms with E-state index in [-0.39, 0.29) is 12.2 Å². The van der Waals surface area contributed by atoms with Crippen molar-refractivity contribution in [2.45, 2.75) is 6.04 Å². The van der Waals surface area contributed by atoms with E-state index in [1.165, 1.54) is 37.4 Å². The van der Waals surface area contributed by atoms with E-state index in [9.17, 15) is 8.78 Å². The maximum atomic E-state index is 13.9. The highest BCUT2D eigenvalue weighted by Gasteiger charge is 2.16. The molecule has 21 heavy (non-hydrogen) atoms. The fourth-order valence-electron chi connectivity index (χ4n) is 1.98. The van der Waals surface area contributed by atoms with Crippen LogP contribution in [0, 0.1) is 11.6 Å². The van der Waals surface area contributed by atoms with Crippen molar-refractivity contribution in [2.75, 3.05) is 19.0 Å². The highest BCUT2D eigenvalue weighted by atomic mass is 35.5. The summed E-state index contributed by atoms with van der Waals surface area (Å²) in [5, 5.41) is 3.18. The number of ether oxygens (including phenoxy) is 1. The topological polar surface area (TPSA) is 47.3 Å². The molecule has 3 N–H and O–H groups in total. The number of benzene rings is 2. The van der Waals surface area contributed by atoms with Gasteiger partial charge in [0.1, 0.15) is 17.4 Å². The molecular weight excluding hydrogens is 298 g/mol. The maximum absolute atomic E-state index is 13.9. The Bertz CT molecular complexity index is 637. The molecule has 3 nitrogen and oxygen atoms in total. The van der Waals surface area contributed by atoms with E-state index in [0.29, 0.717) is 16.3 Å². The van der Waals surface area contributed by atoms with Gasteiger partial charge in [-0.3, -0.25) is 0 Å². The van der Waals surface area contributed by atoms with Crippen LogP contribution >= 0.6 is 11.6 Å². The Balaban J connectivity index is 2.30. The van der Waals surface area contributed by atoms with Gasteiger partial charge in [0.05, 0.1) is 18.8 Å². The number of halogens is 3. The minimum Gasteiger partial charge on any atom is -0.497 e. The zero-order valence-corrected chi connectivity index (χ0v) is 12.1. The molecule has 0 saturated carbocycles. The Morgan fingerprint density at radius 1 is 1.19 bits per heavy atom. The normalized spacial score (nSPS) is 12.0. The van der Waals surface area contributed by atoms with Gasteiger partial charge in [-0.05, 0) is 24.3 Å². The molecular formula is C15H15ClF2N2O. The zero-order valence-electron chi connectivity index (χ0n) is 11.4. The van der Waals surface area contributed by atoms with Gasteiger partial charge >= 0.3 is 0 Å². The van der Waals surface area contributed by atoms with Crippen molar-refractivity contribution in [2.24, 2.45) is 5.73 Å². The van der Waals surface area contributed by atoms with Gasteiger partial charge in [0.25, 0.3) is 0 Å². The van der Waals surface area contributed by atoms with Crippen LogP contribution in [-0.2, 0) is 0 Å². The predicted octanol–water partition coefficient (Wildman–Crippen LogP) is 3.74.